The Morgan fingerprint density at radius 2 is 0.821 bits per heavy atom. The lowest BCUT2D eigenvalue weighted by Gasteiger charge is -2.12. The third-order valence-electron chi connectivity index (χ3n) is 10.7. The van der Waals surface area contributed by atoms with Crippen LogP contribution in [0.4, 0.5) is 0 Å². The van der Waals surface area contributed by atoms with Crippen molar-refractivity contribution in [2.75, 3.05) is 0 Å². The molecule has 3 heterocycles. The Kier molecular flexibility index (Phi) is 7.64. The van der Waals surface area contributed by atoms with Crippen LogP contribution in [0.25, 0.3) is 104 Å². The largest absolute Gasteiger partial charge is 0.309 e. The van der Waals surface area contributed by atoms with Gasteiger partial charge in [-0.2, -0.15) is 0 Å². The number of para-hydroxylation sites is 2. The fourth-order valence-electron chi connectivity index (χ4n) is 8.01. The smallest absolute Gasteiger partial charge is 0.165 e. The van der Waals surface area contributed by atoms with Crippen molar-refractivity contribution in [3.63, 3.8) is 0 Å². The second-order valence-electron chi connectivity index (χ2n) is 14.0. The minimum Gasteiger partial charge on any atom is -0.309 e. The number of thiophene rings is 1. The van der Waals surface area contributed by atoms with E-state index in [1.807, 2.05) is 29.5 Å². The number of hydrogen-bond acceptors (Lipinski definition) is 4. The molecule has 4 nitrogen and oxygen atoms in total. The van der Waals surface area contributed by atoms with Gasteiger partial charge in [-0.1, -0.05) is 146 Å². The Labute approximate surface area is 327 Å². The molecular formula is C51H32N4S. The molecule has 0 amide bonds. The van der Waals surface area contributed by atoms with Gasteiger partial charge in [0.1, 0.15) is 0 Å². The van der Waals surface area contributed by atoms with Gasteiger partial charge in [-0.25, -0.2) is 15.0 Å². The van der Waals surface area contributed by atoms with Crippen molar-refractivity contribution >= 4 is 53.3 Å². The zero-order valence-corrected chi connectivity index (χ0v) is 31.0. The van der Waals surface area contributed by atoms with Gasteiger partial charge in [0.25, 0.3) is 0 Å². The average molecular weight is 733 g/mol. The van der Waals surface area contributed by atoms with Crippen LogP contribution in [0.5, 0.6) is 0 Å². The van der Waals surface area contributed by atoms with Gasteiger partial charge in [0.2, 0.25) is 0 Å². The highest BCUT2D eigenvalue weighted by atomic mass is 32.1. The molecule has 0 aliphatic heterocycles. The standard InChI is InChI=1S/C51H32N4S/c1-4-15-33(16-5-1)37-31-43-42-24-14-23-39(34-17-6-2-7-18-34)47(42)56-48(43)44(32-37)51-53-49(35-19-8-3-9-20-35)52-50(54-51)36-27-29-38(30-28-36)55-45-25-12-10-21-40(45)41-22-11-13-26-46(41)55/h1-32H. The van der Waals surface area contributed by atoms with E-state index in [1.165, 1.54) is 48.4 Å². The van der Waals surface area contributed by atoms with Crippen LogP contribution in [-0.4, -0.2) is 19.5 Å². The Morgan fingerprint density at radius 1 is 0.321 bits per heavy atom. The summed E-state index contributed by atoms with van der Waals surface area (Å²) in [5, 5.41) is 4.90. The zero-order chi connectivity index (χ0) is 37.0. The maximum atomic E-state index is 5.31. The second kappa shape index (κ2) is 13.3. The fourth-order valence-corrected chi connectivity index (χ4v) is 9.34. The molecule has 0 spiro atoms. The van der Waals surface area contributed by atoms with Crippen molar-refractivity contribution in [1.29, 1.82) is 0 Å². The lowest BCUT2D eigenvalue weighted by molar-refractivity contribution is 1.08. The predicted molar refractivity (Wildman–Crippen MR) is 234 cm³/mol. The molecule has 0 fully saturated rings. The molecule has 262 valence electrons. The molecule has 0 unspecified atom stereocenters. The summed E-state index contributed by atoms with van der Waals surface area (Å²) in [5.74, 6) is 1.92. The summed E-state index contributed by atoms with van der Waals surface area (Å²) in [5.41, 5.74) is 11.0. The Morgan fingerprint density at radius 3 is 1.46 bits per heavy atom. The van der Waals surface area contributed by atoms with E-state index in [0.717, 1.165) is 38.2 Å². The van der Waals surface area contributed by atoms with Crippen molar-refractivity contribution in [2.45, 2.75) is 0 Å². The maximum absolute atomic E-state index is 5.31. The van der Waals surface area contributed by atoms with E-state index in [2.05, 4.69) is 180 Å². The van der Waals surface area contributed by atoms with Gasteiger partial charge in [-0.15, -0.1) is 11.3 Å². The summed E-state index contributed by atoms with van der Waals surface area (Å²) < 4.78 is 4.74. The molecule has 0 atom stereocenters. The molecule has 0 aliphatic rings. The Bertz CT molecular complexity index is 3170. The molecule has 0 radical (unpaired) electrons. The third-order valence-corrected chi connectivity index (χ3v) is 12.0. The third kappa shape index (κ3) is 5.40. The van der Waals surface area contributed by atoms with E-state index in [1.54, 1.807) is 0 Å². The first-order valence-corrected chi connectivity index (χ1v) is 19.6. The van der Waals surface area contributed by atoms with Gasteiger partial charge in [0.15, 0.2) is 17.5 Å². The van der Waals surface area contributed by atoms with E-state index in [0.29, 0.717) is 17.5 Å². The van der Waals surface area contributed by atoms with Crippen LogP contribution >= 0.6 is 11.3 Å². The molecule has 8 aromatic carbocycles. The van der Waals surface area contributed by atoms with Crippen molar-refractivity contribution in [2.24, 2.45) is 0 Å². The summed E-state index contributed by atoms with van der Waals surface area (Å²) in [4.78, 5) is 15.7. The SMILES string of the molecule is c1ccc(-c2cc(-c3nc(-c4ccccc4)nc(-c4ccc(-n5c6ccccc6c6ccccc65)cc4)n3)c3sc4c(-c5ccccc5)cccc4c3c2)cc1. The van der Waals surface area contributed by atoms with Crippen LogP contribution in [0.15, 0.2) is 194 Å². The van der Waals surface area contributed by atoms with Crippen LogP contribution in [0.3, 0.4) is 0 Å². The van der Waals surface area contributed by atoms with E-state index < -0.39 is 0 Å². The lowest BCUT2D eigenvalue weighted by atomic mass is 9.97. The van der Waals surface area contributed by atoms with Crippen molar-refractivity contribution in [1.82, 2.24) is 19.5 Å². The van der Waals surface area contributed by atoms with Crippen LogP contribution < -0.4 is 0 Å². The van der Waals surface area contributed by atoms with Gasteiger partial charge < -0.3 is 4.57 Å². The first kappa shape index (κ1) is 32.2. The highest BCUT2D eigenvalue weighted by Gasteiger charge is 2.20. The molecule has 0 aliphatic carbocycles. The van der Waals surface area contributed by atoms with Crippen LogP contribution in [0.2, 0.25) is 0 Å². The summed E-state index contributed by atoms with van der Waals surface area (Å²) in [7, 11) is 0. The number of hydrogen-bond donors (Lipinski definition) is 0. The van der Waals surface area contributed by atoms with Crippen LogP contribution in [0, 0.1) is 0 Å². The maximum Gasteiger partial charge on any atom is 0.165 e. The Hall–Kier alpha value is -7.21. The van der Waals surface area contributed by atoms with Crippen molar-refractivity contribution in [3.05, 3.63) is 194 Å². The number of fused-ring (bicyclic) bond motifs is 6. The minimum atomic E-state index is 0.631. The average Bonchev–Trinajstić information content (AvgIpc) is 3.83. The molecule has 3 aromatic heterocycles. The fraction of sp³-hybridized carbons (Fsp3) is 0. The number of nitrogens with zero attached hydrogens (tertiary/aromatic N) is 4. The van der Waals surface area contributed by atoms with Crippen LogP contribution in [0.1, 0.15) is 0 Å². The molecule has 56 heavy (non-hydrogen) atoms. The predicted octanol–water partition coefficient (Wildman–Crippen LogP) is 13.7. The lowest BCUT2D eigenvalue weighted by Crippen LogP contribution is -2.01. The normalized spacial score (nSPS) is 11.6. The Balaban J connectivity index is 1.13. The molecular weight excluding hydrogens is 701 g/mol. The van der Waals surface area contributed by atoms with E-state index in [4.69, 9.17) is 15.0 Å². The van der Waals surface area contributed by atoms with Crippen molar-refractivity contribution in [3.8, 4) is 62.1 Å². The topological polar surface area (TPSA) is 43.6 Å². The van der Waals surface area contributed by atoms with Crippen LogP contribution in [-0.2, 0) is 0 Å². The van der Waals surface area contributed by atoms with E-state index in [9.17, 15) is 0 Å². The number of rotatable bonds is 6. The monoisotopic (exact) mass is 732 g/mol. The summed E-state index contributed by atoms with van der Waals surface area (Å²) >= 11 is 1.81. The summed E-state index contributed by atoms with van der Waals surface area (Å²) in [6.45, 7) is 0. The summed E-state index contributed by atoms with van der Waals surface area (Å²) in [6.07, 6.45) is 0. The van der Waals surface area contributed by atoms with Gasteiger partial charge in [-0.05, 0) is 70.8 Å². The quantitative estimate of drug-likeness (QED) is 0.171. The number of benzene rings is 8. The molecule has 0 N–H and O–H groups in total. The summed E-state index contributed by atoms with van der Waals surface area (Å²) in [6, 6.07) is 68.5. The molecule has 5 heteroatoms. The van der Waals surface area contributed by atoms with Gasteiger partial charge in [0, 0.05) is 53.3 Å². The molecule has 0 saturated heterocycles. The molecule has 0 bridgehead atoms. The molecule has 11 aromatic rings. The van der Waals surface area contributed by atoms with E-state index in [-0.39, 0.29) is 0 Å². The number of aromatic nitrogens is 4. The molecule has 0 saturated carbocycles. The van der Waals surface area contributed by atoms with E-state index >= 15 is 0 Å². The minimum absolute atomic E-state index is 0.631. The first-order valence-electron chi connectivity index (χ1n) is 18.8. The highest BCUT2D eigenvalue weighted by Crippen LogP contribution is 2.45. The van der Waals surface area contributed by atoms with Gasteiger partial charge >= 0.3 is 0 Å². The van der Waals surface area contributed by atoms with Gasteiger partial charge in [-0.3, -0.25) is 0 Å². The first-order chi connectivity index (χ1) is 27.8. The second-order valence-corrected chi connectivity index (χ2v) is 15.0. The zero-order valence-electron chi connectivity index (χ0n) is 30.2. The van der Waals surface area contributed by atoms with Gasteiger partial charge in [0.05, 0.1) is 11.0 Å². The highest BCUT2D eigenvalue weighted by molar-refractivity contribution is 7.26. The molecule has 11 rings (SSSR count). The van der Waals surface area contributed by atoms with Crippen molar-refractivity contribution < 1.29 is 0 Å².